The first-order chi connectivity index (χ1) is 4.45. The largest absolute Gasteiger partial charge is 0.246 e. The molecule has 0 bridgehead atoms. The lowest BCUT2D eigenvalue weighted by atomic mass is 10.1. The van der Waals surface area contributed by atoms with Crippen molar-refractivity contribution in [3.05, 3.63) is 0 Å². The zero-order valence-electron chi connectivity index (χ0n) is 6.04. The highest BCUT2D eigenvalue weighted by Gasteiger charge is 2.42. The molecule has 1 aliphatic rings. The van der Waals surface area contributed by atoms with Gasteiger partial charge in [-0.15, -0.1) is 0 Å². The quantitative estimate of drug-likeness (QED) is 0.533. The number of rotatable bonds is 0. The second-order valence-corrected chi connectivity index (χ2v) is 5.36. The predicted molar refractivity (Wildman–Crippen MR) is 37.3 cm³/mol. The van der Waals surface area contributed by atoms with Gasteiger partial charge in [0.2, 0.25) is 0 Å². The first-order valence-corrected chi connectivity index (χ1v) is 5.02. The van der Waals surface area contributed by atoms with Crippen LogP contribution in [-0.2, 0) is 9.84 Å². The second kappa shape index (κ2) is 2.19. The molecule has 1 aliphatic heterocycles. The van der Waals surface area contributed by atoms with Gasteiger partial charge < -0.3 is 0 Å². The number of hydrogen-bond donors (Lipinski definition) is 0. The van der Waals surface area contributed by atoms with E-state index >= 15 is 0 Å². The summed E-state index contributed by atoms with van der Waals surface area (Å²) in [5.41, 5.74) is 0. The number of sulfone groups is 1. The molecule has 0 radical (unpaired) electrons. The summed E-state index contributed by atoms with van der Waals surface area (Å²) < 4.78 is 34.7. The molecule has 0 aromatic rings. The van der Waals surface area contributed by atoms with E-state index in [2.05, 4.69) is 0 Å². The van der Waals surface area contributed by atoms with E-state index in [9.17, 15) is 12.8 Å². The summed E-state index contributed by atoms with van der Waals surface area (Å²) in [6.45, 7) is 3.06. The minimum absolute atomic E-state index is 0.00926. The summed E-state index contributed by atoms with van der Waals surface area (Å²) in [5, 5.41) is -0.789. The Hall–Kier alpha value is -0.120. The Morgan fingerprint density at radius 1 is 1.40 bits per heavy atom. The van der Waals surface area contributed by atoms with Crippen LogP contribution in [0.3, 0.4) is 0 Å². The molecule has 3 atom stereocenters. The van der Waals surface area contributed by atoms with Crippen LogP contribution >= 0.6 is 0 Å². The maximum absolute atomic E-state index is 12.8. The van der Waals surface area contributed by atoms with Crippen molar-refractivity contribution in [3.8, 4) is 0 Å². The van der Waals surface area contributed by atoms with Gasteiger partial charge in [-0.3, -0.25) is 0 Å². The molecule has 1 heterocycles. The molecule has 0 aliphatic carbocycles. The van der Waals surface area contributed by atoms with E-state index in [-0.39, 0.29) is 11.7 Å². The van der Waals surface area contributed by atoms with Crippen LogP contribution in [-0.4, -0.2) is 25.6 Å². The summed E-state index contributed by atoms with van der Waals surface area (Å²) in [6, 6.07) is 0. The van der Waals surface area contributed by atoms with Gasteiger partial charge in [0.05, 0.1) is 11.0 Å². The van der Waals surface area contributed by atoms with Gasteiger partial charge in [0.25, 0.3) is 0 Å². The molecule has 10 heavy (non-hydrogen) atoms. The lowest BCUT2D eigenvalue weighted by molar-refractivity contribution is 0.271. The number of halogens is 1. The maximum Gasteiger partial charge on any atom is 0.156 e. The van der Waals surface area contributed by atoms with Gasteiger partial charge in [0.1, 0.15) is 6.17 Å². The van der Waals surface area contributed by atoms with Gasteiger partial charge in [-0.2, -0.15) is 0 Å². The Kier molecular flexibility index (Phi) is 1.75. The third kappa shape index (κ3) is 1.05. The fourth-order valence-electron chi connectivity index (χ4n) is 1.27. The summed E-state index contributed by atoms with van der Waals surface area (Å²) in [7, 11) is -3.10. The highest BCUT2D eigenvalue weighted by Crippen LogP contribution is 2.27. The van der Waals surface area contributed by atoms with Gasteiger partial charge in [0.15, 0.2) is 9.84 Å². The van der Waals surface area contributed by atoms with Crippen LogP contribution in [0.1, 0.15) is 13.8 Å². The fourth-order valence-corrected chi connectivity index (χ4v) is 3.16. The van der Waals surface area contributed by atoms with Crippen LogP contribution in [0.25, 0.3) is 0 Å². The number of alkyl halides is 1. The molecule has 3 unspecified atom stereocenters. The van der Waals surface area contributed by atoms with E-state index in [0.717, 1.165) is 0 Å². The van der Waals surface area contributed by atoms with Crippen molar-refractivity contribution in [2.24, 2.45) is 5.92 Å². The molecule has 0 saturated carbocycles. The Bertz CT molecular complexity index is 222. The molecule has 1 saturated heterocycles. The molecule has 4 heteroatoms. The summed E-state index contributed by atoms with van der Waals surface area (Å²) in [4.78, 5) is 0. The van der Waals surface area contributed by atoms with Crippen molar-refractivity contribution in [2.45, 2.75) is 25.3 Å². The summed E-state index contributed by atoms with van der Waals surface area (Å²) >= 11 is 0. The van der Waals surface area contributed by atoms with Gasteiger partial charge in [-0.05, 0) is 6.92 Å². The minimum atomic E-state index is -3.10. The maximum atomic E-state index is 12.8. The predicted octanol–water partition coefficient (Wildman–Crippen LogP) is 0.778. The van der Waals surface area contributed by atoms with Crippen LogP contribution in [0.2, 0.25) is 0 Å². The summed E-state index contributed by atoms with van der Waals surface area (Å²) in [5.74, 6) is -0.310. The molecule has 0 aromatic carbocycles. The number of hydrogen-bond acceptors (Lipinski definition) is 2. The van der Waals surface area contributed by atoms with Gasteiger partial charge in [-0.25, -0.2) is 12.8 Å². The zero-order chi connectivity index (χ0) is 7.94. The highest BCUT2D eigenvalue weighted by molar-refractivity contribution is 7.92. The van der Waals surface area contributed by atoms with Crippen LogP contribution in [0, 0.1) is 5.92 Å². The van der Waals surface area contributed by atoms with Crippen molar-refractivity contribution >= 4 is 9.84 Å². The molecule has 60 valence electrons. The van der Waals surface area contributed by atoms with Crippen molar-refractivity contribution in [3.63, 3.8) is 0 Å². The van der Waals surface area contributed by atoms with Crippen molar-refractivity contribution in [1.29, 1.82) is 0 Å². The fraction of sp³-hybridized carbons (Fsp3) is 1.00. The standard InChI is InChI=1S/C6H11FO2S/c1-4-3-10(8,9)5(2)6(4)7/h4-6H,3H2,1-2H3. The van der Waals surface area contributed by atoms with Crippen molar-refractivity contribution in [1.82, 2.24) is 0 Å². The zero-order valence-corrected chi connectivity index (χ0v) is 6.86. The average Bonchev–Trinajstić information content (AvgIpc) is 1.95. The minimum Gasteiger partial charge on any atom is -0.246 e. The SMILES string of the molecule is CC1CS(=O)(=O)C(C)C1F. The van der Waals surface area contributed by atoms with E-state index in [1.165, 1.54) is 6.92 Å². The Labute approximate surface area is 60.3 Å². The molecular formula is C6H11FO2S. The van der Waals surface area contributed by atoms with E-state index < -0.39 is 21.3 Å². The third-order valence-electron chi connectivity index (χ3n) is 2.05. The Balaban J connectivity index is 2.93. The van der Waals surface area contributed by atoms with E-state index in [1.54, 1.807) is 6.92 Å². The smallest absolute Gasteiger partial charge is 0.156 e. The van der Waals surface area contributed by atoms with Crippen LogP contribution < -0.4 is 0 Å². The molecule has 1 fully saturated rings. The van der Waals surface area contributed by atoms with E-state index in [4.69, 9.17) is 0 Å². The van der Waals surface area contributed by atoms with Gasteiger partial charge in [-0.1, -0.05) is 6.92 Å². The average molecular weight is 166 g/mol. The second-order valence-electron chi connectivity index (χ2n) is 2.96. The molecule has 0 spiro atoms. The van der Waals surface area contributed by atoms with E-state index in [1.807, 2.05) is 0 Å². The Morgan fingerprint density at radius 3 is 2.00 bits per heavy atom. The summed E-state index contributed by atoms with van der Waals surface area (Å²) in [6.07, 6.45) is -1.16. The topological polar surface area (TPSA) is 34.1 Å². The first-order valence-electron chi connectivity index (χ1n) is 3.31. The first kappa shape index (κ1) is 7.98. The van der Waals surface area contributed by atoms with Gasteiger partial charge >= 0.3 is 0 Å². The molecule has 0 amide bonds. The van der Waals surface area contributed by atoms with Crippen LogP contribution in [0.5, 0.6) is 0 Å². The van der Waals surface area contributed by atoms with Crippen molar-refractivity contribution < 1.29 is 12.8 Å². The lowest BCUT2D eigenvalue weighted by Gasteiger charge is -2.05. The molecule has 1 rings (SSSR count). The van der Waals surface area contributed by atoms with Crippen LogP contribution in [0.15, 0.2) is 0 Å². The monoisotopic (exact) mass is 166 g/mol. The molecule has 0 N–H and O–H groups in total. The normalized spacial score (nSPS) is 45.7. The lowest BCUT2D eigenvalue weighted by Crippen LogP contribution is -2.20. The molecule has 0 aromatic heterocycles. The third-order valence-corrected chi connectivity index (χ3v) is 4.44. The van der Waals surface area contributed by atoms with Crippen molar-refractivity contribution in [2.75, 3.05) is 5.75 Å². The molecule has 2 nitrogen and oxygen atoms in total. The molecular weight excluding hydrogens is 155 g/mol. The Morgan fingerprint density at radius 2 is 1.90 bits per heavy atom. The van der Waals surface area contributed by atoms with Crippen LogP contribution in [0.4, 0.5) is 4.39 Å². The highest BCUT2D eigenvalue weighted by atomic mass is 32.2. The van der Waals surface area contributed by atoms with E-state index in [0.29, 0.717) is 0 Å². The van der Waals surface area contributed by atoms with Gasteiger partial charge in [0, 0.05) is 5.92 Å².